The second kappa shape index (κ2) is 7.06. The van der Waals surface area contributed by atoms with Crippen LogP contribution in [-0.2, 0) is 17.9 Å². The van der Waals surface area contributed by atoms with Crippen molar-refractivity contribution in [2.45, 2.75) is 33.9 Å². The summed E-state index contributed by atoms with van der Waals surface area (Å²) in [4.78, 5) is 11.4. The lowest BCUT2D eigenvalue weighted by Crippen LogP contribution is -2.35. The molecule has 0 aliphatic rings. The van der Waals surface area contributed by atoms with E-state index in [1.807, 2.05) is 24.0 Å². The molecule has 0 unspecified atom stereocenters. The molecule has 0 spiro atoms. The summed E-state index contributed by atoms with van der Waals surface area (Å²) in [7, 11) is 0. The van der Waals surface area contributed by atoms with Crippen LogP contribution in [0.3, 0.4) is 0 Å². The Balaban J connectivity index is 2.16. The summed E-state index contributed by atoms with van der Waals surface area (Å²) in [5, 5.41) is 10.1. The molecular weight excluding hydrogens is 216 g/mol. The minimum atomic E-state index is 0.0431. The van der Waals surface area contributed by atoms with Crippen LogP contribution >= 0.6 is 0 Å². The van der Waals surface area contributed by atoms with E-state index in [4.69, 9.17) is 0 Å². The maximum Gasteiger partial charge on any atom is 0.233 e. The SMILES string of the molecule is CCn1cc(CNCC(=O)NCC(C)C)cn1. The van der Waals surface area contributed by atoms with Crippen LogP contribution in [0.25, 0.3) is 0 Å². The molecule has 5 nitrogen and oxygen atoms in total. The predicted molar refractivity (Wildman–Crippen MR) is 67.5 cm³/mol. The normalized spacial score (nSPS) is 10.8. The summed E-state index contributed by atoms with van der Waals surface area (Å²) in [5.41, 5.74) is 1.10. The van der Waals surface area contributed by atoms with Gasteiger partial charge in [0.25, 0.3) is 0 Å². The van der Waals surface area contributed by atoms with Crippen LogP contribution in [0.4, 0.5) is 0 Å². The first-order chi connectivity index (χ1) is 8.11. The summed E-state index contributed by atoms with van der Waals surface area (Å²) in [6.45, 7) is 8.82. The van der Waals surface area contributed by atoms with Crippen LogP contribution in [0.15, 0.2) is 12.4 Å². The van der Waals surface area contributed by atoms with Gasteiger partial charge in [-0.25, -0.2) is 0 Å². The molecule has 17 heavy (non-hydrogen) atoms. The number of hydrogen-bond donors (Lipinski definition) is 2. The Hall–Kier alpha value is -1.36. The summed E-state index contributed by atoms with van der Waals surface area (Å²) >= 11 is 0. The van der Waals surface area contributed by atoms with Crippen molar-refractivity contribution in [2.24, 2.45) is 5.92 Å². The maximum atomic E-state index is 11.4. The van der Waals surface area contributed by atoms with Crippen LogP contribution in [0.1, 0.15) is 26.3 Å². The molecule has 96 valence electrons. The third-order valence-electron chi connectivity index (χ3n) is 2.33. The molecule has 0 saturated heterocycles. The average molecular weight is 238 g/mol. The lowest BCUT2D eigenvalue weighted by Gasteiger charge is -2.07. The highest BCUT2D eigenvalue weighted by atomic mass is 16.1. The molecule has 2 N–H and O–H groups in total. The first kappa shape index (κ1) is 13.7. The summed E-state index contributed by atoms with van der Waals surface area (Å²) in [6, 6.07) is 0. The Morgan fingerprint density at radius 3 is 2.88 bits per heavy atom. The average Bonchev–Trinajstić information content (AvgIpc) is 2.74. The zero-order valence-corrected chi connectivity index (χ0v) is 10.9. The van der Waals surface area contributed by atoms with Crippen molar-refractivity contribution in [3.8, 4) is 0 Å². The highest BCUT2D eigenvalue weighted by Gasteiger charge is 2.02. The van der Waals surface area contributed by atoms with Crippen LogP contribution in [-0.4, -0.2) is 28.8 Å². The Morgan fingerprint density at radius 2 is 2.29 bits per heavy atom. The zero-order chi connectivity index (χ0) is 12.7. The molecule has 0 aliphatic heterocycles. The number of rotatable bonds is 7. The molecule has 1 amide bonds. The molecule has 0 radical (unpaired) electrons. The third kappa shape index (κ3) is 5.49. The first-order valence-electron chi connectivity index (χ1n) is 6.10. The van der Waals surface area contributed by atoms with Crippen molar-refractivity contribution in [1.82, 2.24) is 20.4 Å². The van der Waals surface area contributed by atoms with Crippen LogP contribution in [0, 0.1) is 5.92 Å². The molecule has 0 aliphatic carbocycles. The predicted octanol–water partition coefficient (Wildman–Crippen LogP) is 0.765. The molecule has 0 aromatic carbocycles. The van der Waals surface area contributed by atoms with E-state index >= 15 is 0 Å². The monoisotopic (exact) mass is 238 g/mol. The van der Waals surface area contributed by atoms with Crippen molar-refractivity contribution < 1.29 is 4.79 Å². The lowest BCUT2D eigenvalue weighted by atomic mass is 10.2. The van der Waals surface area contributed by atoms with Gasteiger partial charge in [0, 0.05) is 31.4 Å². The number of nitrogens with one attached hydrogen (secondary N) is 2. The van der Waals surface area contributed by atoms with Gasteiger partial charge in [-0.1, -0.05) is 13.8 Å². The van der Waals surface area contributed by atoms with Crippen molar-refractivity contribution in [1.29, 1.82) is 0 Å². The molecule has 5 heteroatoms. The number of amides is 1. The van der Waals surface area contributed by atoms with Gasteiger partial charge < -0.3 is 10.6 Å². The summed E-state index contributed by atoms with van der Waals surface area (Å²) in [5.74, 6) is 0.531. The number of carbonyl (C=O) groups excluding carboxylic acids is 1. The highest BCUT2D eigenvalue weighted by Crippen LogP contribution is 1.96. The van der Waals surface area contributed by atoms with Crippen molar-refractivity contribution >= 4 is 5.91 Å². The molecule has 1 aromatic heterocycles. The Labute approximate surface area is 103 Å². The van der Waals surface area contributed by atoms with Gasteiger partial charge in [0.1, 0.15) is 0 Å². The Bertz CT molecular complexity index is 346. The van der Waals surface area contributed by atoms with Gasteiger partial charge in [-0.3, -0.25) is 9.48 Å². The number of nitrogens with zero attached hydrogens (tertiary/aromatic N) is 2. The lowest BCUT2D eigenvalue weighted by molar-refractivity contribution is -0.120. The van der Waals surface area contributed by atoms with E-state index in [0.29, 0.717) is 19.0 Å². The van der Waals surface area contributed by atoms with Gasteiger partial charge in [-0.15, -0.1) is 0 Å². The fourth-order valence-electron chi connectivity index (χ4n) is 1.37. The Kier molecular flexibility index (Phi) is 5.69. The van der Waals surface area contributed by atoms with Gasteiger partial charge in [0.2, 0.25) is 5.91 Å². The number of aryl methyl sites for hydroxylation is 1. The zero-order valence-electron chi connectivity index (χ0n) is 10.9. The van der Waals surface area contributed by atoms with Crippen LogP contribution in [0.5, 0.6) is 0 Å². The van der Waals surface area contributed by atoms with Crippen LogP contribution in [0.2, 0.25) is 0 Å². The largest absolute Gasteiger partial charge is 0.355 e. The van der Waals surface area contributed by atoms with E-state index in [2.05, 4.69) is 29.6 Å². The molecule has 1 heterocycles. The van der Waals surface area contributed by atoms with Crippen molar-refractivity contribution in [3.63, 3.8) is 0 Å². The molecule has 0 bridgehead atoms. The van der Waals surface area contributed by atoms with E-state index in [1.54, 1.807) is 0 Å². The fraction of sp³-hybridized carbons (Fsp3) is 0.667. The molecule has 1 aromatic rings. The maximum absolute atomic E-state index is 11.4. The van der Waals surface area contributed by atoms with E-state index < -0.39 is 0 Å². The second-order valence-corrected chi connectivity index (χ2v) is 4.51. The first-order valence-corrected chi connectivity index (χ1v) is 6.10. The minimum absolute atomic E-state index is 0.0431. The molecular formula is C12H22N4O. The molecule has 0 saturated carbocycles. The third-order valence-corrected chi connectivity index (χ3v) is 2.33. The molecule has 0 atom stereocenters. The summed E-state index contributed by atoms with van der Waals surface area (Å²) in [6.07, 6.45) is 3.81. The topological polar surface area (TPSA) is 59.0 Å². The standard InChI is InChI=1S/C12H22N4O/c1-4-16-9-11(7-15-16)6-13-8-12(17)14-5-10(2)3/h7,9-10,13H,4-6,8H2,1-3H3,(H,14,17). The van der Waals surface area contributed by atoms with Crippen molar-refractivity contribution in [2.75, 3.05) is 13.1 Å². The van der Waals surface area contributed by atoms with Gasteiger partial charge >= 0.3 is 0 Å². The second-order valence-electron chi connectivity index (χ2n) is 4.51. The van der Waals surface area contributed by atoms with E-state index in [0.717, 1.165) is 18.7 Å². The number of hydrogen-bond acceptors (Lipinski definition) is 3. The van der Waals surface area contributed by atoms with Gasteiger partial charge in [0.05, 0.1) is 12.7 Å². The van der Waals surface area contributed by atoms with E-state index in [-0.39, 0.29) is 5.91 Å². The summed E-state index contributed by atoms with van der Waals surface area (Å²) < 4.78 is 1.87. The smallest absolute Gasteiger partial charge is 0.233 e. The molecule has 1 rings (SSSR count). The van der Waals surface area contributed by atoms with Crippen molar-refractivity contribution in [3.05, 3.63) is 18.0 Å². The van der Waals surface area contributed by atoms with Gasteiger partial charge in [-0.2, -0.15) is 5.10 Å². The van der Waals surface area contributed by atoms with Crippen LogP contribution < -0.4 is 10.6 Å². The minimum Gasteiger partial charge on any atom is -0.355 e. The quantitative estimate of drug-likeness (QED) is 0.737. The van der Waals surface area contributed by atoms with E-state index in [9.17, 15) is 4.79 Å². The number of carbonyl (C=O) groups is 1. The van der Waals surface area contributed by atoms with Gasteiger partial charge in [-0.05, 0) is 12.8 Å². The number of aromatic nitrogens is 2. The van der Waals surface area contributed by atoms with E-state index in [1.165, 1.54) is 0 Å². The van der Waals surface area contributed by atoms with Gasteiger partial charge in [0.15, 0.2) is 0 Å². The molecule has 0 fully saturated rings. The Morgan fingerprint density at radius 1 is 1.53 bits per heavy atom. The fourth-order valence-corrected chi connectivity index (χ4v) is 1.37. The highest BCUT2D eigenvalue weighted by molar-refractivity contribution is 5.77.